The molecule has 3 N–H and O–H groups in total. The third kappa shape index (κ3) is 70.5. The van der Waals surface area contributed by atoms with Gasteiger partial charge in [-0.25, -0.2) is 9.13 Å². The molecule has 0 aliphatic rings. The van der Waals surface area contributed by atoms with Crippen molar-refractivity contribution in [1.29, 1.82) is 0 Å². The Morgan fingerprint density at radius 2 is 0.438 bits per heavy atom. The monoisotopic (exact) mass is 1410 g/mol. The number of phosphoric acid groups is 2. The molecule has 3 unspecified atom stereocenters. The van der Waals surface area contributed by atoms with Gasteiger partial charge in [-0.2, -0.15) is 0 Å². The summed E-state index contributed by atoms with van der Waals surface area (Å²) in [5, 5.41) is 10.6. The number of carbonyl (C=O) groups is 4. The van der Waals surface area contributed by atoms with Crippen LogP contribution in [0.3, 0.4) is 0 Å². The van der Waals surface area contributed by atoms with Crippen molar-refractivity contribution in [3.8, 4) is 0 Å². The standard InChI is InChI=1S/C77H150O17P2/c1-67(2)53-45-37-29-23-19-15-11-9-10-12-17-21-25-32-41-49-57-74(79)87-63-72(94-77(82)60-52-44-34-28-27-31-39-47-55-69(5)6)65-91-95(83,84)89-61-71(78)62-90-96(85,86)92-66-73(64-88-75(80)58-50-42-36-35-40-48-56-70(7)8)93-76(81)59-51-43-33-26-22-18-14-13-16-20-24-30-38-46-54-68(3)4/h67-73,78H,9-66H2,1-8H3,(H,83,84)(H,85,86)/t71?,72-,73-/m1/s1. The molecule has 17 nitrogen and oxygen atoms in total. The Balaban J connectivity index is 5.17. The minimum Gasteiger partial charge on any atom is -0.462 e. The lowest BCUT2D eigenvalue weighted by molar-refractivity contribution is -0.161. The van der Waals surface area contributed by atoms with Crippen molar-refractivity contribution < 1.29 is 80.2 Å². The predicted molar refractivity (Wildman–Crippen MR) is 391 cm³/mol. The molecule has 0 aliphatic carbocycles. The summed E-state index contributed by atoms with van der Waals surface area (Å²) < 4.78 is 68.5. The van der Waals surface area contributed by atoms with E-state index < -0.39 is 97.5 Å². The third-order valence-corrected chi connectivity index (χ3v) is 19.7. The molecule has 0 bridgehead atoms. The van der Waals surface area contributed by atoms with Crippen LogP contribution in [0.25, 0.3) is 0 Å². The van der Waals surface area contributed by atoms with Crippen molar-refractivity contribution in [3.05, 3.63) is 0 Å². The van der Waals surface area contributed by atoms with E-state index in [-0.39, 0.29) is 25.7 Å². The lowest BCUT2D eigenvalue weighted by Crippen LogP contribution is -2.30. The van der Waals surface area contributed by atoms with Crippen LogP contribution in [0.15, 0.2) is 0 Å². The highest BCUT2D eigenvalue weighted by atomic mass is 31.2. The normalized spacial score (nSPS) is 14.1. The SMILES string of the molecule is CC(C)CCCCCCCCCCCCCCCCCCC(=O)OC[C@H](COP(=O)(O)OCC(O)COP(=O)(O)OC[C@@H](COC(=O)CCCCCCCCC(C)C)OC(=O)CCCCCCCCCCCCCCCCC(C)C)OC(=O)CCCCCCCCCCC(C)C. The predicted octanol–water partition coefficient (Wildman–Crippen LogP) is 22.4. The Labute approximate surface area is 588 Å². The Kier molecular flexibility index (Phi) is 65.0. The number of unbranched alkanes of at least 4 members (excludes halogenated alkanes) is 40. The molecule has 96 heavy (non-hydrogen) atoms. The summed E-state index contributed by atoms with van der Waals surface area (Å²) in [5.74, 6) is 0.882. The van der Waals surface area contributed by atoms with Gasteiger partial charge in [0, 0.05) is 25.7 Å². The molecule has 0 amide bonds. The zero-order valence-electron chi connectivity index (χ0n) is 63.0. The van der Waals surface area contributed by atoms with Gasteiger partial charge in [0.15, 0.2) is 12.2 Å². The van der Waals surface area contributed by atoms with Crippen LogP contribution in [-0.4, -0.2) is 96.7 Å². The molecule has 0 spiro atoms. The summed E-state index contributed by atoms with van der Waals surface area (Å²) in [7, 11) is -9.91. The number of rotatable bonds is 74. The first kappa shape index (κ1) is 94.1. The van der Waals surface area contributed by atoms with Crippen LogP contribution in [0.4, 0.5) is 0 Å². The number of aliphatic hydroxyl groups is 1. The Morgan fingerprint density at radius 3 is 0.646 bits per heavy atom. The quantitative estimate of drug-likeness (QED) is 0.0222. The highest BCUT2D eigenvalue weighted by molar-refractivity contribution is 7.47. The van der Waals surface area contributed by atoms with Gasteiger partial charge in [0.05, 0.1) is 26.4 Å². The van der Waals surface area contributed by atoms with E-state index in [1.165, 1.54) is 186 Å². The number of aliphatic hydroxyl groups excluding tert-OH is 1. The molecule has 0 aromatic rings. The molecule has 0 aromatic carbocycles. The van der Waals surface area contributed by atoms with Gasteiger partial charge >= 0.3 is 39.5 Å². The fraction of sp³-hybridized carbons (Fsp3) is 0.948. The van der Waals surface area contributed by atoms with E-state index in [0.29, 0.717) is 31.6 Å². The topological polar surface area (TPSA) is 237 Å². The fourth-order valence-corrected chi connectivity index (χ4v) is 13.3. The highest BCUT2D eigenvalue weighted by Gasteiger charge is 2.30. The van der Waals surface area contributed by atoms with Crippen molar-refractivity contribution in [2.24, 2.45) is 23.7 Å². The maximum absolute atomic E-state index is 13.1. The number of hydrogen-bond acceptors (Lipinski definition) is 15. The van der Waals surface area contributed by atoms with Gasteiger partial charge in [-0.05, 0) is 49.4 Å². The van der Waals surface area contributed by atoms with Crippen LogP contribution in [0, 0.1) is 23.7 Å². The lowest BCUT2D eigenvalue weighted by Gasteiger charge is -2.21. The second-order valence-corrected chi connectivity index (χ2v) is 32.6. The summed E-state index contributed by atoms with van der Waals surface area (Å²) in [6.45, 7) is 14.1. The minimum absolute atomic E-state index is 0.104. The number of phosphoric ester groups is 2. The number of hydrogen-bond donors (Lipinski definition) is 3. The second kappa shape index (κ2) is 66.3. The van der Waals surface area contributed by atoms with E-state index in [4.69, 9.17) is 37.0 Å². The average Bonchev–Trinajstić information content (AvgIpc) is 1.04. The first-order chi connectivity index (χ1) is 46.1. The minimum atomic E-state index is -4.96. The summed E-state index contributed by atoms with van der Waals surface area (Å²) in [5.41, 5.74) is 0. The highest BCUT2D eigenvalue weighted by Crippen LogP contribution is 2.45. The molecule has 570 valence electrons. The summed E-state index contributed by atoms with van der Waals surface area (Å²) in [6, 6.07) is 0. The fourth-order valence-electron chi connectivity index (χ4n) is 11.7. The smallest absolute Gasteiger partial charge is 0.462 e. The molecular weight excluding hydrogens is 1260 g/mol. The summed E-state index contributed by atoms with van der Waals surface area (Å²) in [6.07, 6.45) is 51.6. The van der Waals surface area contributed by atoms with E-state index in [2.05, 4.69) is 55.4 Å². The summed E-state index contributed by atoms with van der Waals surface area (Å²) in [4.78, 5) is 72.8. The van der Waals surface area contributed by atoms with Crippen molar-refractivity contribution in [3.63, 3.8) is 0 Å². The van der Waals surface area contributed by atoms with Gasteiger partial charge in [-0.1, -0.05) is 338 Å². The molecule has 5 atom stereocenters. The van der Waals surface area contributed by atoms with Crippen molar-refractivity contribution in [2.45, 2.75) is 408 Å². The first-order valence-corrected chi connectivity index (χ1v) is 42.7. The van der Waals surface area contributed by atoms with Gasteiger partial charge in [0.1, 0.15) is 19.3 Å². The van der Waals surface area contributed by atoms with Gasteiger partial charge in [0.25, 0.3) is 0 Å². The van der Waals surface area contributed by atoms with Gasteiger partial charge in [0.2, 0.25) is 0 Å². The lowest BCUT2D eigenvalue weighted by atomic mass is 10.0. The molecule has 0 heterocycles. The van der Waals surface area contributed by atoms with Crippen LogP contribution in [0.2, 0.25) is 0 Å². The molecule has 0 saturated heterocycles. The van der Waals surface area contributed by atoms with Crippen LogP contribution >= 0.6 is 15.6 Å². The zero-order chi connectivity index (χ0) is 71.0. The van der Waals surface area contributed by atoms with E-state index in [0.717, 1.165) is 114 Å². The molecule has 0 rings (SSSR count). The van der Waals surface area contributed by atoms with Crippen molar-refractivity contribution in [1.82, 2.24) is 0 Å². The Morgan fingerprint density at radius 1 is 0.260 bits per heavy atom. The molecule has 0 fully saturated rings. The van der Waals surface area contributed by atoms with Crippen LogP contribution in [-0.2, 0) is 65.4 Å². The van der Waals surface area contributed by atoms with E-state index in [1.807, 2.05) is 0 Å². The van der Waals surface area contributed by atoms with Crippen LogP contribution in [0.5, 0.6) is 0 Å². The van der Waals surface area contributed by atoms with Crippen LogP contribution < -0.4 is 0 Å². The maximum Gasteiger partial charge on any atom is 0.472 e. The maximum atomic E-state index is 13.1. The summed E-state index contributed by atoms with van der Waals surface area (Å²) >= 11 is 0. The van der Waals surface area contributed by atoms with Gasteiger partial charge < -0.3 is 33.8 Å². The number of carbonyl (C=O) groups excluding carboxylic acids is 4. The molecule has 0 radical (unpaired) electrons. The third-order valence-electron chi connectivity index (χ3n) is 17.8. The van der Waals surface area contributed by atoms with Crippen molar-refractivity contribution in [2.75, 3.05) is 39.6 Å². The van der Waals surface area contributed by atoms with Gasteiger partial charge in [-0.3, -0.25) is 37.3 Å². The van der Waals surface area contributed by atoms with E-state index in [1.54, 1.807) is 0 Å². The second-order valence-electron chi connectivity index (χ2n) is 29.7. The van der Waals surface area contributed by atoms with E-state index >= 15 is 0 Å². The Hall–Kier alpha value is -1.94. The number of esters is 4. The van der Waals surface area contributed by atoms with Gasteiger partial charge in [-0.15, -0.1) is 0 Å². The largest absolute Gasteiger partial charge is 0.472 e. The van der Waals surface area contributed by atoms with Crippen LogP contribution in [0.1, 0.15) is 389 Å². The molecular formula is C77H150O17P2. The first-order valence-electron chi connectivity index (χ1n) is 39.7. The molecule has 0 saturated carbocycles. The zero-order valence-corrected chi connectivity index (χ0v) is 64.8. The molecule has 0 aliphatic heterocycles. The van der Waals surface area contributed by atoms with Crippen molar-refractivity contribution >= 4 is 39.5 Å². The average molecular weight is 1410 g/mol. The molecule has 19 heteroatoms. The van der Waals surface area contributed by atoms with E-state index in [9.17, 15) is 43.2 Å². The molecule has 0 aromatic heterocycles. The number of ether oxygens (including phenoxy) is 4. The Bertz CT molecular complexity index is 1880.